The first-order valence-corrected chi connectivity index (χ1v) is 8.71. The highest BCUT2D eigenvalue weighted by atomic mass is 35.5. The van der Waals surface area contributed by atoms with E-state index in [9.17, 15) is 0 Å². The van der Waals surface area contributed by atoms with Gasteiger partial charge in [-0.1, -0.05) is 44.4 Å². The van der Waals surface area contributed by atoms with Crippen LogP contribution in [0.25, 0.3) is 0 Å². The standard InChI is InChI=1S/C18H28ClNO/c1-4-14-7-6-8-15(11-14)21-16-9-10-17(18(19)12-16)13(3)20-5-2/h9-10,12-15,20H,4-8,11H2,1-3H3. The molecule has 0 saturated heterocycles. The molecule has 0 amide bonds. The molecule has 0 bridgehead atoms. The minimum atomic E-state index is 0.274. The molecule has 21 heavy (non-hydrogen) atoms. The highest BCUT2D eigenvalue weighted by molar-refractivity contribution is 6.31. The van der Waals surface area contributed by atoms with E-state index in [4.69, 9.17) is 16.3 Å². The van der Waals surface area contributed by atoms with Gasteiger partial charge in [0, 0.05) is 11.1 Å². The summed E-state index contributed by atoms with van der Waals surface area (Å²) in [7, 11) is 0. The fraction of sp³-hybridized carbons (Fsp3) is 0.667. The smallest absolute Gasteiger partial charge is 0.121 e. The molecule has 0 aliphatic heterocycles. The molecular formula is C18H28ClNO. The summed E-state index contributed by atoms with van der Waals surface area (Å²) in [4.78, 5) is 0. The summed E-state index contributed by atoms with van der Waals surface area (Å²) in [5.74, 6) is 1.74. The van der Waals surface area contributed by atoms with Gasteiger partial charge in [0.25, 0.3) is 0 Å². The highest BCUT2D eigenvalue weighted by Gasteiger charge is 2.22. The normalized spacial score (nSPS) is 23.8. The minimum Gasteiger partial charge on any atom is -0.490 e. The molecule has 2 rings (SSSR count). The lowest BCUT2D eigenvalue weighted by atomic mass is 9.85. The van der Waals surface area contributed by atoms with Gasteiger partial charge >= 0.3 is 0 Å². The van der Waals surface area contributed by atoms with Gasteiger partial charge in [-0.2, -0.15) is 0 Å². The van der Waals surface area contributed by atoms with Crippen molar-refractivity contribution in [2.75, 3.05) is 6.54 Å². The van der Waals surface area contributed by atoms with Gasteiger partial charge in [0.2, 0.25) is 0 Å². The predicted molar refractivity (Wildman–Crippen MR) is 90.2 cm³/mol. The van der Waals surface area contributed by atoms with E-state index in [1.165, 1.54) is 32.1 Å². The van der Waals surface area contributed by atoms with E-state index in [1.807, 2.05) is 6.07 Å². The Morgan fingerprint density at radius 3 is 2.81 bits per heavy atom. The van der Waals surface area contributed by atoms with E-state index in [-0.39, 0.29) is 6.04 Å². The Labute approximate surface area is 134 Å². The molecule has 2 nitrogen and oxygen atoms in total. The van der Waals surface area contributed by atoms with Crippen molar-refractivity contribution in [1.29, 1.82) is 0 Å². The molecule has 3 unspecified atom stereocenters. The van der Waals surface area contributed by atoms with Crippen LogP contribution in [0.5, 0.6) is 5.75 Å². The van der Waals surface area contributed by atoms with Crippen molar-refractivity contribution in [2.24, 2.45) is 5.92 Å². The van der Waals surface area contributed by atoms with Crippen LogP contribution in [-0.2, 0) is 0 Å². The van der Waals surface area contributed by atoms with Crippen molar-refractivity contribution in [3.63, 3.8) is 0 Å². The van der Waals surface area contributed by atoms with Crippen molar-refractivity contribution >= 4 is 11.6 Å². The molecular weight excluding hydrogens is 282 g/mol. The van der Waals surface area contributed by atoms with Crippen molar-refractivity contribution < 1.29 is 4.74 Å². The van der Waals surface area contributed by atoms with Crippen molar-refractivity contribution in [1.82, 2.24) is 5.32 Å². The first-order chi connectivity index (χ1) is 10.1. The molecule has 0 radical (unpaired) electrons. The van der Waals surface area contributed by atoms with Crippen LogP contribution >= 0.6 is 11.6 Å². The quantitative estimate of drug-likeness (QED) is 0.764. The molecule has 0 aromatic heterocycles. The first-order valence-electron chi connectivity index (χ1n) is 8.33. The summed E-state index contributed by atoms with van der Waals surface area (Å²) in [6, 6.07) is 6.39. The fourth-order valence-corrected chi connectivity index (χ4v) is 3.59. The predicted octanol–water partition coefficient (Wildman–Crippen LogP) is 5.36. The van der Waals surface area contributed by atoms with Crippen LogP contribution < -0.4 is 10.1 Å². The number of benzene rings is 1. The van der Waals surface area contributed by atoms with Crippen molar-refractivity contribution in [3.8, 4) is 5.75 Å². The first kappa shape index (κ1) is 16.6. The second kappa shape index (κ2) is 8.05. The van der Waals surface area contributed by atoms with Crippen LogP contribution in [0.4, 0.5) is 0 Å². The van der Waals surface area contributed by atoms with E-state index >= 15 is 0 Å². The molecule has 1 aromatic rings. The second-order valence-corrected chi connectivity index (χ2v) is 6.55. The van der Waals surface area contributed by atoms with Gasteiger partial charge in [0.15, 0.2) is 0 Å². The van der Waals surface area contributed by atoms with Gasteiger partial charge in [-0.15, -0.1) is 0 Å². The molecule has 1 N–H and O–H groups in total. The third-order valence-electron chi connectivity index (χ3n) is 4.56. The zero-order valence-electron chi connectivity index (χ0n) is 13.5. The largest absolute Gasteiger partial charge is 0.490 e. The lowest BCUT2D eigenvalue weighted by Gasteiger charge is -2.29. The van der Waals surface area contributed by atoms with Crippen LogP contribution in [0.2, 0.25) is 5.02 Å². The third-order valence-corrected chi connectivity index (χ3v) is 4.89. The van der Waals surface area contributed by atoms with Crippen LogP contribution in [-0.4, -0.2) is 12.6 Å². The molecule has 1 fully saturated rings. The zero-order chi connectivity index (χ0) is 15.2. The second-order valence-electron chi connectivity index (χ2n) is 6.14. The number of rotatable bonds is 6. The molecule has 0 spiro atoms. The molecule has 1 saturated carbocycles. The Hall–Kier alpha value is -0.730. The van der Waals surface area contributed by atoms with E-state index in [0.717, 1.165) is 28.8 Å². The Morgan fingerprint density at radius 2 is 2.14 bits per heavy atom. The number of hydrogen-bond acceptors (Lipinski definition) is 2. The summed E-state index contributed by atoms with van der Waals surface area (Å²) in [6.45, 7) is 7.46. The van der Waals surface area contributed by atoms with E-state index < -0.39 is 0 Å². The lowest BCUT2D eigenvalue weighted by Crippen LogP contribution is -2.25. The highest BCUT2D eigenvalue weighted by Crippen LogP contribution is 2.32. The fourth-order valence-electron chi connectivity index (χ4n) is 3.26. The summed E-state index contributed by atoms with van der Waals surface area (Å²) >= 11 is 6.41. The maximum atomic E-state index is 6.41. The van der Waals surface area contributed by atoms with Crippen molar-refractivity contribution in [2.45, 2.75) is 65.0 Å². The molecule has 1 aliphatic rings. The molecule has 118 valence electrons. The summed E-state index contributed by atoms with van der Waals surface area (Å²) in [5, 5.41) is 4.19. The maximum Gasteiger partial charge on any atom is 0.121 e. The van der Waals surface area contributed by atoms with Crippen LogP contribution in [0.1, 0.15) is 64.5 Å². The average molecular weight is 310 g/mol. The molecule has 1 aromatic carbocycles. The summed E-state index contributed by atoms with van der Waals surface area (Å²) in [6.07, 6.45) is 6.62. The summed E-state index contributed by atoms with van der Waals surface area (Å²) in [5.41, 5.74) is 1.14. The van der Waals surface area contributed by atoms with Crippen LogP contribution in [0.15, 0.2) is 18.2 Å². The van der Waals surface area contributed by atoms with Crippen LogP contribution in [0, 0.1) is 5.92 Å². The Balaban J connectivity index is 1.99. The SMILES string of the molecule is CCNC(C)c1ccc(OC2CCCC(CC)C2)cc1Cl. The van der Waals surface area contributed by atoms with Crippen LogP contribution in [0.3, 0.4) is 0 Å². The third kappa shape index (κ3) is 4.62. The number of halogens is 1. The van der Waals surface area contributed by atoms with Gasteiger partial charge in [-0.25, -0.2) is 0 Å². The minimum absolute atomic E-state index is 0.274. The molecule has 3 atom stereocenters. The van der Waals surface area contributed by atoms with Gasteiger partial charge in [0.05, 0.1) is 6.10 Å². The monoisotopic (exact) mass is 309 g/mol. The average Bonchev–Trinajstić information content (AvgIpc) is 2.47. The Kier molecular flexibility index (Phi) is 6.38. The van der Waals surface area contributed by atoms with Gasteiger partial charge in [-0.05, 0) is 56.3 Å². The molecule has 1 aliphatic carbocycles. The van der Waals surface area contributed by atoms with Gasteiger partial charge in [-0.3, -0.25) is 0 Å². The zero-order valence-corrected chi connectivity index (χ0v) is 14.2. The Morgan fingerprint density at radius 1 is 1.33 bits per heavy atom. The van der Waals surface area contributed by atoms with Gasteiger partial charge < -0.3 is 10.1 Å². The van der Waals surface area contributed by atoms with Crippen molar-refractivity contribution in [3.05, 3.63) is 28.8 Å². The maximum absolute atomic E-state index is 6.41. The number of ether oxygens (including phenoxy) is 1. The summed E-state index contributed by atoms with van der Waals surface area (Å²) < 4.78 is 6.16. The van der Waals surface area contributed by atoms with E-state index in [2.05, 4.69) is 38.2 Å². The molecule has 3 heteroatoms. The number of hydrogen-bond donors (Lipinski definition) is 1. The number of nitrogens with one attached hydrogen (secondary N) is 1. The van der Waals surface area contributed by atoms with Gasteiger partial charge in [0.1, 0.15) is 5.75 Å². The lowest BCUT2D eigenvalue weighted by molar-refractivity contribution is 0.122. The van der Waals surface area contributed by atoms with E-state index in [1.54, 1.807) is 0 Å². The molecule has 0 heterocycles. The Bertz CT molecular complexity index is 449. The topological polar surface area (TPSA) is 21.3 Å². The van der Waals surface area contributed by atoms with E-state index in [0.29, 0.717) is 6.10 Å².